The van der Waals surface area contributed by atoms with E-state index >= 15 is 0 Å². The summed E-state index contributed by atoms with van der Waals surface area (Å²) in [6, 6.07) is 12.2. The monoisotopic (exact) mass is 345 g/mol. The highest BCUT2D eigenvalue weighted by Gasteiger charge is 2.19. The van der Waals surface area contributed by atoms with E-state index in [4.69, 9.17) is 12.2 Å². The van der Waals surface area contributed by atoms with E-state index in [0.717, 1.165) is 30.8 Å². The Labute approximate surface area is 145 Å². The maximum atomic E-state index is 11.7. The Hall–Kier alpha value is -1.92. The zero-order chi connectivity index (χ0) is 16.1. The number of likely N-dealkylation sites (tertiary alicyclic amines) is 1. The van der Waals surface area contributed by atoms with E-state index < -0.39 is 0 Å². The van der Waals surface area contributed by atoms with Gasteiger partial charge < -0.3 is 15.5 Å². The molecule has 1 fully saturated rings. The van der Waals surface area contributed by atoms with Crippen LogP contribution in [-0.2, 0) is 17.9 Å². The number of hydrogen-bond donors (Lipinski definition) is 2. The molecule has 1 aliphatic heterocycles. The summed E-state index contributed by atoms with van der Waals surface area (Å²) >= 11 is 7.04. The van der Waals surface area contributed by atoms with Gasteiger partial charge in [-0.05, 0) is 47.8 Å². The Kier molecular flexibility index (Phi) is 5.25. The highest BCUT2D eigenvalue weighted by Crippen LogP contribution is 2.17. The normalized spacial score (nSPS) is 14.1. The average Bonchev–Trinajstić information content (AvgIpc) is 3.18. The number of hydrogen-bond acceptors (Lipinski definition) is 3. The van der Waals surface area contributed by atoms with Crippen molar-refractivity contribution in [1.29, 1.82) is 0 Å². The smallest absolute Gasteiger partial charge is 0.222 e. The van der Waals surface area contributed by atoms with Crippen molar-refractivity contribution in [1.82, 2.24) is 10.2 Å². The van der Waals surface area contributed by atoms with Gasteiger partial charge in [0.15, 0.2) is 5.11 Å². The standard InChI is InChI=1S/C17H19N3OS2/c21-16-7-2-8-20(16)12-13-4-1-5-14(10-13)19-17(22)18-11-15-6-3-9-23-15/h1,3-6,9-10H,2,7-8,11-12H2,(H2,18,19,22). The first-order valence-corrected chi connectivity index (χ1v) is 8.93. The fraction of sp³-hybridized carbons (Fsp3) is 0.294. The number of nitrogens with one attached hydrogen (secondary N) is 2. The van der Waals surface area contributed by atoms with Crippen LogP contribution in [0.2, 0.25) is 0 Å². The highest BCUT2D eigenvalue weighted by atomic mass is 32.1. The Morgan fingerprint density at radius 2 is 2.22 bits per heavy atom. The van der Waals surface area contributed by atoms with Gasteiger partial charge in [-0.2, -0.15) is 0 Å². The SMILES string of the molecule is O=C1CCCN1Cc1cccc(NC(=S)NCc2cccs2)c1. The molecule has 0 aliphatic carbocycles. The van der Waals surface area contributed by atoms with Crippen LogP contribution in [0.15, 0.2) is 41.8 Å². The van der Waals surface area contributed by atoms with Crippen molar-refractivity contribution in [3.05, 3.63) is 52.2 Å². The molecule has 2 heterocycles. The van der Waals surface area contributed by atoms with Crippen molar-refractivity contribution in [3.8, 4) is 0 Å². The number of benzene rings is 1. The van der Waals surface area contributed by atoms with Crippen molar-refractivity contribution in [2.45, 2.75) is 25.9 Å². The lowest BCUT2D eigenvalue weighted by Gasteiger charge is -2.16. The molecule has 0 atom stereocenters. The van der Waals surface area contributed by atoms with Gasteiger partial charge in [0, 0.05) is 30.1 Å². The van der Waals surface area contributed by atoms with E-state index in [1.807, 2.05) is 35.2 Å². The molecule has 0 spiro atoms. The van der Waals surface area contributed by atoms with E-state index in [0.29, 0.717) is 18.1 Å². The van der Waals surface area contributed by atoms with Crippen molar-refractivity contribution in [2.24, 2.45) is 0 Å². The van der Waals surface area contributed by atoms with Crippen LogP contribution in [0.3, 0.4) is 0 Å². The van der Waals surface area contributed by atoms with Crippen LogP contribution in [0.1, 0.15) is 23.3 Å². The molecule has 2 aromatic rings. The molecule has 0 unspecified atom stereocenters. The second-order valence-corrected chi connectivity index (χ2v) is 6.95. The Morgan fingerprint density at radius 1 is 1.30 bits per heavy atom. The summed E-state index contributed by atoms with van der Waals surface area (Å²) in [5.41, 5.74) is 2.06. The molecule has 0 saturated carbocycles. The number of nitrogens with zero attached hydrogens (tertiary/aromatic N) is 1. The fourth-order valence-electron chi connectivity index (χ4n) is 2.59. The lowest BCUT2D eigenvalue weighted by Crippen LogP contribution is -2.27. The van der Waals surface area contributed by atoms with E-state index in [9.17, 15) is 4.79 Å². The molecule has 1 aliphatic rings. The van der Waals surface area contributed by atoms with Crippen molar-refractivity contribution < 1.29 is 4.79 Å². The van der Waals surface area contributed by atoms with E-state index in [1.54, 1.807) is 11.3 Å². The van der Waals surface area contributed by atoms with Gasteiger partial charge in [-0.1, -0.05) is 18.2 Å². The summed E-state index contributed by atoms with van der Waals surface area (Å²) in [5.74, 6) is 0.247. The van der Waals surface area contributed by atoms with Crippen molar-refractivity contribution in [3.63, 3.8) is 0 Å². The number of thiophene rings is 1. The minimum atomic E-state index is 0.247. The third-order valence-electron chi connectivity index (χ3n) is 3.73. The summed E-state index contributed by atoms with van der Waals surface area (Å²) in [4.78, 5) is 14.9. The van der Waals surface area contributed by atoms with Gasteiger partial charge >= 0.3 is 0 Å². The van der Waals surface area contributed by atoms with Gasteiger partial charge in [0.2, 0.25) is 5.91 Å². The zero-order valence-corrected chi connectivity index (χ0v) is 14.4. The van der Waals surface area contributed by atoms with Crippen molar-refractivity contribution >= 4 is 40.3 Å². The van der Waals surface area contributed by atoms with Gasteiger partial charge in [0.05, 0.1) is 6.54 Å². The predicted molar refractivity (Wildman–Crippen MR) is 98.5 cm³/mol. The molecule has 2 N–H and O–H groups in total. The topological polar surface area (TPSA) is 44.4 Å². The lowest BCUT2D eigenvalue weighted by molar-refractivity contribution is -0.128. The number of anilines is 1. The Balaban J connectivity index is 1.54. The molecule has 1 saturated heterocycles. The quantitative estimate of drug-likeness (QED) is 0.816. The molecule has 1 aromatic carbocycles. The molecule has 120 valence electrons. The number of thiocarbonyl (C=S) groups is 1. The predicted octanol–water partition coefficient (Wildman–Crippen LogP) is 3.36. The number of carbonyl (C=O) groups excluding carboxylic acids is 1. The van der Waals surface area contributed by atoms with Crippen LogP contribution < -0.4 is 10.6 Å². The van der Waals surface area contributed by atoms with Gasteiger partial charge in [-0.15, -0.1) is 11.3 Å². The molecule has 23 heavy (non-hydrogen) atoms. The molecule has 1 aromatic heterocycles. The Bertz CT molecular complexity index is 685. The lowest BCUT2D eigenvalue weighted by atomic mass is 10.2. The van der Waals surface area contributed by atoms with Gasteiger partial charge in [0.1, 0.15) is 0 Å². The molecule has 0 bridgehead atoms. The fourth-order valence-corrected chi connectivity index (χ4v) is 3.43. The van der Waals surface area contributed by atoms with Gasteiger partial charge in [-0.25, -0.2) is 0 Å². The van der Waals surface area contributed by atoms with E-state index in [-0.39, 0.29) is 5.91 Å². The largest absolute Gasteiger partial charge is 0.358 e. The molecule has 6 heteroatoms. The van der Waals surface area contributed by atoms with Crippen LogP contribution in [-0.4, -0.2) is 22.5 Å². The summed E-state index contributed by atoms with van der Waals surface area (Å²) in [6.07, 6.45) is 1.64. The van der Waals surface area contributed by atoms with E-state index in [1.165, 1.54) is 4.88 Å². The van der Waals surface area contributed by atoms with Crippen LogP contribution in [0.4, 0.5) is 5.69 Å². The molecular weight excluding hydrogens is 326 g/mol. The zero-order valence-electron chi connectivity index (χ0n) is 12.7. The maximum Gasteiger partial charge on any atom is 0.222 e. The molecule has 4 nitrogen and oxygen atoms in total. The van der Waals surface area contributed by atoms with Crippen molar-refractivity contribution in [2.75, 3.05) is 11.9 Å². The minimum absolute atomic E-state index is 0.247. The molecular formula is C17H19N3OS2. The minimum Gasteiger partial charge on any atom is -0.358 e. The van der Waals surface area contributed by atoms with Crippen LogP contribution in [0.25, 0.3) is 0 Å². The van der Waals surface area contributed by atoms with Gasteiger partial charge in [-0.3, -0.25) is 4.79 Å². The summed E-state index contributed by atoms with van der Waals surface area (Å²) in [5, 5.41) is 9.06. The third kappa shape index (κ3) is 4.53. The summed E-state index contributed by atoms with van der Waals surface area (Å²) in [7, 11) is 0. The van der Waals surface area contributed by atoms with Gasteiger partial charge in [0.25, 0.3) is 0 Å². The highest BCUT2D eigenvalue weighted by molar-refractivity contribution is 7.80. The second-order valence-electron chi connectivity index (χ2n) is 5.51. The molecule has 0 radical (unpaired) electrons. The first kappa shape index (κ1) is 16.0. The molecule has 3 rings (SSSR count). The van der Waals surface area contributed by atoms with Crippen LogP contribution in [0, 0.1) is 0 Å². The summed E-state index contributed by atoms with van der Waals surface area (Å²) in [6.45, 7) is 2.26. The second kappa shape index (κ2) is 7.57. The Morgan fingerprint density at radius 3 is 2.96 bits per heavy atom. The molecule has 1 amide bonds. The van der Waals surface area contributed by atoms with Crippen LogP contribution >= 0.6 is 23.6 Å². The third-order valence-corrected chi connectivity index (χ3v) is 4.86. The number of carbonyl (C=O) groups is 1. The maximum absolute atomic E-state index is 11.7. The summed E-state index contributed by atoms with van der Waals surface area (Å²) < 4.78 is 0. The number of amides is 1. The number of rotatable bonds is 5. The first-order chi connectivity index (χ1) is 11.2. The average molecular weight is 345 g/mol. The first-order valence-electron chi connectivity index (χ1n) is 7.65. The van der Waals surface area contributed by atoms with Crippen LogP contribution in [0.5, 0.6) is 0 Å². The van der Waals surface area contributed by atoms with E-state index in [2.05, 4.69) is 22.1 Å².